The number of hydrogen-bond donors (Lipinski definition) is 0. The maximum Gasteiger partial charge on any atom is 0.501 e. The van der Waals surface area contributed by atoms with Gasteiger partial charge in [0.15, 0.2) is 5.36 Å². The molecule has 6 heteroatoms. The lowest BCUT2D eigenvalue weighted by molar-refractivity contribution is 0.0804. The largest absolute Gasteiger partial charge is 0.501 e. The molecule has 2 heterocycles. The number of carbonyl (C=O) groups excluding carboxylic acids is 2. The number of allylic oxidation sites excluding steroid dienone is 1. The van der Waals surface area contributed by atoms with E-state index in [1.807, 2.05) is 22.8 Å². The van der Waals surface area contributed by atoms with Gasteiger partial charge in [-0.1, -0.05) is 6.08 Å². The van der Waals surface area contributed by atoms with E-state index in [0.717, 1.165) is 36.6 Å². The van der Waals surface area contributed by atoms with Crippen LogP contribution in [0.5, 0.6) is 0 Å². The van der Waals surface area contributed by atoms with Gasteiger partial charge in [-0.3, -0.25) is 4.98 Å². The lowest BCUT2D eigenvalue weighted by Gasteiger charge is -2.22. The lowest BCUT2D eigenvalue weighted by Crippen LogP contribution is -2.61. The predicted octanol–water partition coefficient (Wildman–Crippen LogP) is 0.759. The summed E-state index contributed by atoms with van der Waals surface area (Å²) in [5, 5.41) is 1.52. The van der Waals surface area contributed by atoms with Crippen molar-refractivity contribution in [1.82, 2.24) is 14.5 Å². The molecule has 1 atom stereocenters. The van der Waals surface area contributed by atoms with Crippen LogP contribution in [0.2, 0.25) is 0 Å². The number of hydrogen-bond acceptors (Lipinski definition) is 4. The Bertz CT molecular complexity index is 882. The number of methoxy groups -OCH3 is 1. The molecule has 0 saturated heterocycles. The van der Waals surface area contributed by atoms with Crippen LogP contribution in [0.3, 0.4) is 0 Å². The average molecular weight is 326 g/mol. The Labute approximate surface area is 139 Å². The van der Waals surface area contributed by atoms with E-state index in [-0.39, 0.29) is 24.1 Å². The fraction of sp³-hybridized carbons (Fsp3) is 0.444. The van der Waals surface area contributed by atoms with Crippen LogP contribution in [0.25, 0.3) is 6.08 Å². The number of pyridine rings is 1. The number of amides is 3. The summed E-state index contributed by atoms with van der Waals surface area (Å²) in [6.45, 7) is 0. The molecule has 6 nitrogen and oxygen atoms in total. The molecule has 0 bridgehead atoms. The van der Waals surface area contributed by atoms with Crippen molar-refractivity contribution in [3.05, 3.63) is 40.2 Å². The number of urea groups is 1. The number of imide groups is 1. The summed E-state index contributed by atoms with van der Waals surface area (Å²) in [7, 11) is 3.17. The number of fused-ring (bicyclic) bond motifs is 3. The van der Waals surface area contributed by atoms with E-state index in [1.54, 1.807) is 13.3 Å². The molecular weight excluding hydrogens is 306 g/mol. The van der Waals surface area contributed by atoms with Crippen molar-refractivity contribution in [3.63, 3.8) is 0 Å². The summed E-state index contributed by atoms with van der Waals surface area (Å²) in [5.74, 6) is -0.295. The molecule has 2 aliphatic carbocycles. The van der Waals surface area contributed by atoms with E-state index in [4.69, 9.17) is 4.74 Å². The Hall–Kier alpha value is -2.34. The van der Waals surface area contributed by atoms with E-state index >= 15 is 0 Å². The van der Waals surface area contributed by atoms with Crippen molar-refractivity contribution < 1.29 is 14.3 Å². The first-order valence-corrected chi connectivity index (χ1v) is 8.32. The van der Waals surface area contributed by atoms with Gasteiger partial charge in [-0.15, -0.1) is 0 Å². The molecule has 0 radical (unpaired) electrons. The third-order valence-electron chi connectivity index (χ3n) is 5.15. The molecule has 1 aliphatic heterocycles. The van der Waals surface area contributed by atoms with Gasteiger partial charge in [0.2, 0.25) is 0 Å². The smallest absolute Gasteiger partial charge is 0.371 e. The van der Waals surface area contributed by atoms with Gasteiger partial charge in [0.25, 0.3) is 0 Å². The van der Waals surface area contributed by atoms with E-state index < -0.39 is 0 Å². The molecular formula is C18H20N3O3+. The summed E-state index contributed by atoms with van der Waals surface area (Å²) in [6, 6.07) is -0.108. The summed E-state index contributed by atoms with van der Waals surface area (Å²) in [5.41, 5.74) is 1.25. The SMILES string of the molecule is COC1C=CC=c2c1ncc1c2=[N+](C2CCCC2)C(=O)N(C)C1=O. The summed E-state index contributed by atoms with van der Waals surface area (Å²) < 4.78 is 7.29. The third-order valence-corrected chi connectivity index (χ3v) is 5.15. The second-order valence-corrected chi connectivity index (χ2v) is 6.48. The zero-order chi connectivity index (χ0) is 16.8. The Kier molecular flexibility index (Phi) is 3.57. The number of nitrogens with zero attached hydrogens (tertiary/aromatic N) is 3. The summed E-state index contributed by atoms with van der Waals surface area (Å²) in [4.78, 5) is 31.1. The van der Waals surface area contributed by atoms with Crippen LogP contribution in [0.4, 0.5) is 4.79 Å². The monoisotopic (exact) mass is 326 g/mol. The van der Waals surface area contributed by atoms with E-state index in [2.05, 4.69) is 4.98 Å². The first kappa shape index (κ1) is 15.2. The van der Waals surface area contributed by atoms with E-state index in [0.29, 0.717) is 10.9 Å². The minimum atomic E-state index is -0.295. The van der Waals surface area contributed by atoms with Gasteiger partial charge in [-0.2, -0.15) is 14.3 Å². The molecule has 0 aromatic carbocycles. The molecule has 3 aliphatic rings. The van der Waals surface area contributed by atoms with Crippen LogP contribution < -0.4 is 15.2 Å². The molecule has 1 aromatic heterocycles. The Balaban J connectivity index is 2.11. The van der Waals surface area contributed by atoms with Gasteiger partial charge in [0, 0.05) is 18.5 Å². The normalized spacial score (nSPS) is 23.3. The molecule has 1 aromatic rings. The van der Waals surface area contributed by atoms with Gasteiger partial charge in [-0.25, -0.2) is 4.79 Å². The minimum Gasteiger partial charge on any atom is -0.371 e. The second-order valence-electron chi connectivity index (χ2n) is 6.48. The number of rotatable bonds is 2. The van der Waals surface area contributed by atoms with Gasteiger partial charge >= 0.3 is 11.9 Å². The maximum absolute atomic E-state index is 12.9. The fourth-order valence-electron chi connectivity index (χ4n) is 3.90. The van der Waals surface area contributed by atoms with Crippen molar-refractivity contribution in [2.45, 2.75) is 37.8 Å². The topological polar surface area (TPSA) is 62.5 Å². The van der Waals surface area contributed by atoms with Crippen LogP contribution in [-0.4, -0.2) is 42.0 Å². The van der Waals surface area contributed by atoms with Gasteiger partial charge in [-0.05, 0) is 37.8 Å². The Morgan fingerprint density at radius 2 is 2.04 bits per heavy atom. The summed E-state index contributed by atoms with van der Waals surface area (Å²) in [6.07, 6.45) is 11.2. The first-order valence-electron chi connectivity index (χ1n) is 8.32. The molecule has 0 N–H and O–H groups in total. The van der Waals surface area contributed by atoms with Gasteiger partial charge in [0.05, 0.1) is 12.7 Å². The van der Waals surface area contributed by atoms with Crippen LogP contribution in [0.15, 0.2) is 18.3 Å². The minimum absolute atomic E-state index is 0.138. The highest BCUT2D eigenvalue weighted by Gasteiger charge is 2.42. The molecule has 124 valence electrons. The number of ether oxygens (including phenoxy) is 1. The van der Waals surface area contributed by atoms with Crippen molar-refractivity contribution in [2.75, 3.05) is 14.2 Å². The average Bonchev–Trinajstić information content (AvgIpc) is 3.13. The Morgan fingerprint density at radius 1 is 1.29 bits per heavy atom. The molecule has 1 saturated carbocycles. The zero-order valence-electron chi connectivity index (χ0n) is 13.9. The first-order chi connectivity index (χ1) is 11.6. The summed E-state index contributed by atoms with van der Waals surface area (Å²) >= 11 is 0. The third kappa shape index (κ3) is 2.06. The zero-order valence-corrected chi connectivity index (χ0v) is 13.9. The Morgan fingerprint density at radius 3 is 2.75 bits per heavy atom. The number of carbonyl (C=O) groups is 2. The highest BCUT2D eigenvalue weighted by molar-refractivity contribution is 6.06. The molecule has 0 spiro atoms. The van der Waals surface area contributed by atoms with Gasteiger partial charge < -0.3 is 4.74 Å². The van der Waals surface area contributed by atoms with E-state index in [1.165, 1.54) is 11.9 Å². The predicted molar refractivity (Wildman–Crippen MR) is 87.8 cm³/mol. The molecule has 4 rings (SSSR count). The van der Waals surface area contributed by atoms with E-state index in [9.17, 15) is 9.59 Å². The molecule has 1 unspecified atom stereocenters. The van der Waals surface area contributed by atoms with Crippen LogP contribution in [0.1, 0.15) is 47.8 Å². The highest BCUT2D eigenvalue weighted by atomic mass is 16.5. The molecule has 3 amide bonds. The van der Waals surface area contributed by atoms with Gasteiger partial charge in [0.1, 0.15) is 17.7 Å². The standard InChI is InChI=1S/C18H20N3O3/c1-20-17(22)13-10-19-15-12(8-5-9-14(15)24-2)16(13)21(18(20)23)11-6-3-4-7-11/h5,8-11,14H,3-4,6-7H2,1-2H3/q+1. The number of aromatic nitrogens is 1. The van der Waals surface area contributed by atoms with Crippen LogP contribution in [0, 0.1) is 0 Å². The van der Waals surface area contributed by atoms with Crippen molar-refractivity contribution in [1.29, 1.82) is 0 Å². The van der Waals surface area contributed by atoms with Crippen LogP contribution in [-0.2, 0) is 4.74 Å². The molecule has 1 fully saturated rings. The molecule has 24 heavy (non-hydrogen) atoms. The van der Waals surface area contributed by atoms with Crippen molar-refractivity contribution in [2.24, 2.45) is 0 Å². The lowest BCUT2D eigenvalue weighted by atomic mass is 10.0. The van der Waals surface area contributed by atoms with Crippen molar-refractivity contribution in [3.8, 4) is 0 Å². The second kappa shape index (κ2) is 5.63. The quantitative estimate of drug-likeness (QED) is 0.753. The van der Waals surface area contributed by atoms with Crippen LogP contribution >= 0.6 is 0 Å². The fourth-order valence-corrected chi connectivity index (χ4v) is 3.90. The maximum atomic E-state index is 12.9. The van der Waals surface area contributed by atoms with Crippen molar-refractivity contribution >= 4 is 18.0 Å². The highest BCUT2D eigenvalue weighted by Crippen LogP contribution is 2.22.